The van der Waals surface area contributed by atoms with E-state index in [0.717, 1.165) is 28.3 Å². The second-order valence-electron chi connectivity index (χ2n) is 14.1. The number of fused-ring (bicyclic) bond motifs is 3. The van der Waals surface area contributed by atoms with Crippen LogP contribution < -0.4 is 4.90 Å². The van der Waals surface area contributed by atoms with E-state index in [1.807, 2.05) is 0 Å². The van der Waals surface area contributed by atoms with E-state index < -0.39 is 0 Å². The highest BCUT2D eigenvalue weighted by Crippen LogP contribution is 2.42. The van der Waals surface area contributed by atoms with Crippen molar-refractivity contribution in [3.8, 4) is 50.2 Å². The summed E-state index contributed by atoms with van der Waals surface area (Å²) in [5.41, 5.74) is 16.5. The molecule has 0 aliphatic carbocycles. The van der Waals surface area contributed by atoms with Gasteiger partial charge in [0.15, 0.2) is 0 Å². The maximum atomic E-state index is 2.43. The molecule has 0 unspecified atom stereocenters. The summed E-state index contributed by atoms with van der Waals surface area (Å²) in [7, 11) is 0. The maximum Gasteiger partial charge on any atom is 0.0546 e. The van der Waals surface area contributed by atoms with Crippen molar-refractivity contribution in [2.75, 3.05) is 4.90 Å². The highest BCUT2D eigenvalue weighted by molar-refractivity contribution is 6.10. The first-order valence-corrected chi connectivity index (χ1v) is 19.2. The van der Waals surface area contributed by atoms with Crippen LogP contribution in [0.15, 0.2) is 231 Å². The van der Waals surface area contributed by atoms with Gasteiger partial charge in [0.2, 0.25) is 0 Å². The van der Waals surface area contributed by atoms with E-state index in [4.69, 9.17) is 0 Å². The molecule has 0 radical (unpaired) electrons. The van der Waals surface area contributed by atoms with Gasteiger partial charge in [-0.15, -0.1) is 0 Å². The Morgan fingerprint density at radius 2 is 0.661 bits per heavy atom. The molecule has 56 heavy (non-hydrogen) atoms. The minimum Gasteiger partial charge on any atom is -0.311 e. The van der Waals surface area contributed by atoms with Gasteiger partial charge in [0.05, 0.1) is 16.7 Å². The first kappa shape index (κ1) is 33.2. The fourth-order valence-electron chi connectivity index (χ4n) is 8.16. The van der Waals surface area contributed by atoms with E-state index >= 15 is 0 Å². The molecule has 0 fully saturated rings. The van der Waals surface area contributed by atoms with Crippen LogP contribution in [0.5, 0.6) is 0 Å². The molecule has 0 aliphatic rings. The Morgan fingerprint density at radius 1 is 0.268 bits per heavy atom. The maximum absolute atomic E-state index is 2.43. The number of anilines is 3. The van der Waals surface area contributed by atoms with Gasteiger partial charge in [-0.1, -0.05) is 176 Å². The number of para-hydroxylation sites is 3. The summed E-state index contributed by atoms with van der Waals surface area (Å²) in [6.45, 7) is 0. The molecule has 1 aromatic heterocycles. The highest BCUT2D eigenvalue weighted by Gasteiger charge is 2.19. The molecule has 0 amide bonds. The number of hydrogen-bond acceptors (Lipinski definition) is 1. The van der Waals surface area contributed by atoms with Crippen LogP contribution in [0.3, 0.4) is 0 Å². The van der Waals surface area contributed by atoms with Crippen LogP contribution in [0.1, 0.15) is 0 Å². The van der Waals surface area contributed by atoms with Gasteiger partial charge in [0.1, 0.15) is 0 Å². The van der Waals surface area contributed by atoms with Crippen LogP contribution in [0.25, 0.3) is 72.0 Å². The summed E-state index contributed by atoms with van der Waals surface area (Å²) in [6.07, 6.45) is 0. The molecule has 0 spiro atoms. The molecule has 264 valence electrons. The molecule has 0 saturated heterocycles. The van der Waals surface area contributed by atoms with E-state index in [-0.39, 0.29) is 0 Å². The third-order valence-corrected chi connectivity index (χ3v) is 10.8. The average molecular weight is 715 g/mol. The Morgan fingerprint density at radius 3 is 1.20 bits per heavy atom. The van der Waals surface area contributed by atoms with Crippen molar-refractivity contribution in [2.24, 2.45) is 0 Å². The minimum atomic E-state index is 1.10. The fourth-order valence-corrected chi connectivity index (χ4v) is 8.16. The van der Waals surface area contributed by atoms with Gasteiger partial charge < -0.3 is 9.47 Å². The number of benzene rings is 9. The Balaban J connectivity index is 1.04. The van der Waals surface area contributed by atoms with Gasteiger partial charge in [-0.3, -0.25) is 0 Å². The van der Waals surface area contributed by atoms with Crippen LogP contribution in [-0.4, -0.2) is 4.57 Å². The first-order chi connectivity index (χ1) is 27.8. The zero-order chi connectivity index (χ0) is 37.3. The van der Waals surface area contributed by atoms with Crippen molar-refractivity contribution in [3.63, 3.8) is 0 Å². The smallest absolute Gasteiger partial charge is 0.0546 e. The van der Waals surface area contributed by atoms with Crippen molar-refractivity contribution < 1.29 is 0 Å². The third-order valence-electron chi connectivity index (χ3n) is 10.8. The van der Waals surface area contributed by atoms with E-state index in [1.54, 1.807) is 0 Å². The zero-order valence-electron chi connectivity index (χ0n) is 30.8. The Kier molecular flexibility index (Phi) is 8.55. The third kappa shape index (κ3) is 6.04. The number of rotatable bonds is 8. The van der Waals surface area contributed by atoms with Crippen molar-refractivity contribution in [3.05, 3.63) is 231 Å². The summed E-state index contributed by atoms with van der Waals surface area (Å²) >= 11 is 0. The zero-order valence-corrected chi connectivity index (χ0v) is 30.8. The average Bonchev–Trinajstić information content (AvgIpc) is 3.62. The molecular formula is C54H38N2. The molecule has 2 heteroatoms. The lowest BCUT2D eigenvalue weighted by Gasteiger charge is -2.26. The van der Waals surface area contributed by atoms with Gasteiger partial charge in [-0.2, -0.15) is 0 Å². The predicted molar refractivity (Wildman–Crippen MR) is 237 cm³/mol. The quantitative estimate of drug-likeness (QED) is 0.152. The van der Waals surface area contributed by atoms with Crippen LogP contribution in [-0.2, 0) is 0 Å². The molecule has 1 heterocycles. The second kappa shape index (κ2) is 14.4. The lowest BCUT2D eigenvalue weighted by molar-refractivity contribution is 1.18. The molecule has 9 aromatic carbocycles. The SMILES string of the molecule is c1ccc(-c2ccc(-c3ccc(N(c4ccccc4)c4ccc(-c5cccc(-n6c7ccccc7c7ccccc76)c5-c5ccccc5)cc4)cc3)cc2)cc1. The van der Waals surface area contributed by atoms with Gasteiger partial charge >= 0.3 is 0 Å². The molecule has 0 aliphatic heterocycles. The molecule has 10 rings (SSSR count). The van der Waals surface area contributed by atoms with Gasteiger partial charge in [0.25, 0.3) is 0 Å². The predicted octanol–water partition coefficient (Wildman–Crippen LogP) is 14.9. The topological polar surface area (TPSA) is 8.17 Å². The van der Waals surface area contributed by atoms with Crippen molar-refractivity contribution in [1.29, 1.82) is 0 Å². The van der Waals surface area contributed by atoms with Crippen LogP contribution >= 0.6 is 0 Å². The van der Waals surface area contributed by atoms with Gasteiger partial charge in [-0.25, -0.2) is 0 Å². The van der Waals surface area contributed by atoms with Crippen LogP contribution in [0, 0.1) is 0 Å². The number of aromatic nitrogens is 1. The van der Waals surface area contributed by atoms with Crippen molar-refractivity contribution in [2.45, 2.75) is 0 Å². The van der Waals surface area contributed by atoms with Crippen molar-refractivity contribution >= 4 is 38.9 Å². The van der Waals surface area contributed by atoms with Crippen LogP contribution in [0.2, 0.25) is 0 Å². The molecule has 0 atom stereocenters. The Hall–Kier alpha value is -7.42. The molecule has 0 bridgehead atoms. The normalized spacial score (nSPS) is 11.2. The lowest BCUT2D eigenvalue weighted by atomic mass is 9.92. The molecule has 2 nitrogen and oxygen atoms in total. The highest BCUT2D eigenvalue weighted by atomic mass is 15.1. The molecule has 0 saturated carbocycles. The van der Waals surface area contributed by atoms with Crippen LogP contribution in [0.4, 0.5) is 17.1 Å². The van der Waals surface area contributed by atoms with Gasteiger partial charge in [0, 0.05) is 33.4 Å². The van der Waals surface area contributed by atoms with E-state index in [9.17, 15) is 0 Å². The second-order valence-corrected chi connectivity index (χ2v) is 14.1. The monoisotopic (exact) mass is 714 g/mol. The molecular weight excluding hydrogens is 677 g/mol. The van der Waals surface area contributed by atoms with E-state index in [2.05, 4.69) is 240 Å². The minimum absolute atomic E-state index is 1.10. The largest absolute Gasteiger partial charge is 0.311 e. The van der Waals surface area contributed by atoms with Gasteiger partial charge in [-0.05, 0) is 93.5 Å². The van der Waals surface area contributed by atoms with Crippen molar-refractivity contribution in [1.82, 2.24) is 4.57 Å². The summed E-state index contributed by atoms with van der Waals surface area (Å²) in [5.74, 6) is 0. The molecule has 10 aromatic rings. The number of hydrogen-bond donors (Lipinski definition) is 0. The summed E-state index contributed by atoms with van der Waals surface area (Å²) in [5, 5.41) is 2.51. The molecule has 0 N–H and O–H groups in total. The Labute approximate surface area is 327 Å². The Bertz CT molecular complexity index is 2860. The number of nitrogens with zero attached hydrogens (tertiary/aromatic N) is 2. The standard InChI is InChI=1S/C54H38N2/c1-4-15-39(16-5-1)40-27-29-41(30-28-40)42-31-35-46(36-32-42)55(45-19-8-3-9-20-45)47-37-33-43(34-38-47)48-23-14-26-53(54(48)44-17-6-2-7-18-44)56-51-24-12-10-21-49(51)50-22-11-13-25-52(50)56/h1-38H. The summed E-state index contributed by atoms with van der Waals surface area (Å²) < 4.78 is 2.43. The summed E-state index contributed by atoms with van der Waals surface area (Å²) in [6, 6.07) is 82.9. The lowest BCUT2D eigenvalue weighted by Crippen LogP contribution is -2.09. The fraction of sp³-hybridized carbons (Fsp3) is 0. The van der Waals surface area contributed by atoms with E-state index in [0.29, 0.717) is 0 Å². The first-order valence-electron chi connectivity index (χ1n) is 19.2. The van der Waals surface area contributed by atoms with E-state index in [1.165, 1.54) is 60.8 Å². The summed E-state index contributed by atoms with van der Waals surface area (Å²) in [4.78, 5) is 2.33.